The van der Waals surface area contributed by atoms with E-state index in [1.165, 1.54) is 11.1 Å². The Bertz CT molecular complexity index is 1890. The molecule has 274 valence electrons. The van der Waals surface area contributed by atoms with Crippen molar-refractivity contribution in [2.24, 2.45) is 0 Å². The predicted octanol–water partition coefficient (Wildman–Crippen LogP) is 5.68. The third kappa shape index (κ3) is 9.95. The largest absolute Gasteiger partial charge is 0.352 e. The molecule has 0 aliphatic carbocycles. The molecule has 2 fully saturated rings. The number of nitrogens with one attached hydrogen (secondary N) is 1. The van der Waals surface area contributed by atoms with E-state index in [4.69, 9.17) is 10.5 Å². The Kier molecular flexibility index (Phi) is 12.7. The standard InChI is InChI=1S/C20H24N6O.C19H22N6O/c1-15(2)16-4-7-18(8-5-16)24(3)20(27)26-12-10-25(11-13-26)19-9-6-17(14-21)22-23-19;1-14(2)15-3-5-16(6-4-15)21-19(26)25-11-9-24(10-12-25)18-8-7-17(13-20)22-23-18/h4-9,15H,10-13H2,1-3H3;3-8,14H,9-12H2,1-2H3,(H,21,26). The SMILES string of the molecule is CC(C)c1ccc(N(C)C(=O)N2CCN(c3ccc(C#N)nn3)CC2)cc1.CC(C)c1ccc(NC(=O)N2CCN(c3ccc(C#N)nn3)CC2)cc1. The molecule has 0 atom stereocenters. The zero-order valence-electron chi connectivity index (χ0n) is 31.0. The number of urea groups is 2. The van der Waals surface area contributed by atoms with Crippen molar-refractivity contribution < 1.29 is 9.59 Å². The number of benzene rings is 2. The van der Waals surface area contributed by atoms with Gasteiger partial charge in [-0.05, 0) is 71.5 Å². The van der Waals surface area contributed by atoms with Gasteiger partial charge in [-0.15, -0.1) is 20.4 Å². The quantitative estimate of drug-likeness (QED) is 0.263. The lowest BCUT2D eigenvalue weighted by atomic mass is 10.0. The molecule has 2 aromatic carbocycles. The molecule has 2 aliphatic rings. The second kappa shape index (κ2) is 17.8. The van der Waals surface area contributed by atoms with Crippen LogP contribution in [0.4, 0.5) is 32.6 Å². The van der Waals surface area contributed by atoms with Gasteiger partial charge in [0, 0.05) is 70.8 Å². The van der Waals surface area contributed by atoms with E-state index < -0.39 is 0 Å². The van der Waals surface area contributed by atoms with E-state index in [2.05, 4.69) is 75.3 Å². The summed E-state index contributed by atoms with van der Waals surface area (Å²) in [4.78, 5) is 34.7. The zero-order valence-corrected chi connectivity index (χ0v) is 31.0. The van der Waals surface area contributed by atoms with E-state index >= 15 is 0 Å². The van der Waals surface area contributed by atoms with E-state index in [1.54, 1.807) is 34.1 Å². The lowest BCUT2D eigenvalue weighted by molar-refractivity contribution is 0.202. The van der Waals surface area contributed by atoms with E-state index in [1.807, 2.05) is 60.5 Å². The molecule has 4 amide bonds. The van der Waals surface area contributed by atoms with Crippen LogP contribution in [0, 0.1) is 22.7 Å². The first-order valence-corrected chi connectivity index (χ1v) is 17.8. The first-order valence-electron chi connectivity index (χ1n) is 17.8. The van der Waals surface area contributed by atoms with Gasteiger partial charge in [-0.3, -0.25) is 4.90 Å². The second-order valence-electron chi connectivity index (χ2n) is 13.5. The number of piperazine rings is 2. The molecule has 0 saturated carbocycles. The fourth-order valence-electron chi connectivity index (χ4n) is 5.93. The van der Waals surface area contributed by atoms with Crippen LogP contribution < -0.4 is 20.0 Å². The van der Waals surface area contributed by atoms with E-state index in [-0.39, 0.29) is 12.1 Å². The lowest BCUT2D eigenvalue weighted by Gasteiger charge is -2.37. The summed E-state index contributed by atoms with van der Waals surface area (Å²) in [7, 11) is 1.81. The number of amides is 4. The Hall–Kier alpha value is -6.28. The van der Waals surface area contributed by atoms with Crippen molar-refractivity contribution in [3.63, 3.8) is 0 Å². The minimum Gasteiger partial charge on any atom is -0.352 e. The Labute approximate surface area is 311 Å². The molecule has 14 nitrogen and oxygen atoms in total. The molecule has 0 unspecified atom stereocenters. The Morgan fingerprint density at radius 1 is 0.623 bits per heavy atom. The van der Waals surface area contributed by atoms with Gasteiger partial charge in [0.25, 0.3) is 0 Å². The van der Waals surface area contributed by atoms with Gasteiger partial charge in [0.15, 0.2) is 23.0 Å². The van der Waals surface area contributed by atoms with Gasteiger partial charge in [0.2, 0.25) is 0 Å². The second-order valence-corrected chi connectivity index (χ2v) is 13.5. The maximum absolute atomic E-state index is 12.8. The molecule has 6 rings (SSSR count). The fraction of sp³-hybridized carbons (Fsp3) is 0.385. The van der Waals surface area contributed by atoms with E-state index in [0.717, 1.165) is 23.0 Å². The Morgan fingerprint density at radius 3 is 1.45 bits per heavy atom. The third-order valence-corrected chi connectivity index (χ3v) is 9.36. The molecule has 14 heteroatoms. The van der Waals surface area contributed by atoms with E-state index in [9.17, 15) is 9.59 Å². The molecule has 2 aliphatic heterocycles. The van der Waals surface area contributed by atoms with Crippen molar-refractivity contribution in [3.8, 4) is 12.1 Å². The number of nitriles is 2. The highest BCUT2D eigenvalue weighted by Gasteiger charge is 2.25. The molecule has 2 aromatic heterocycles. The number of anilines is 4. The average molecular weight is 715 g/mol. The molecule has 0 spiro atoms. The summed E-state index contributed by atoms with van der Waals surface area (Å²) in [6, 6.07) is 26.8. The third-order valence-electron chi connectivity index (χ3n) is 9.36. The van der Waals surface area contributed by atoms with Crippen molar-refractivity contribution in [1.82, 2.24) is 30.2 Å². The van der Waals surface area contributed by atoms with Crippen LogP contribution in [0.25, 0.3) is 0 Å². The van der Waals surface area contributed by atoms with Crippen molar-refractivity contribution in [2.45, 2.75) is 39.5 Å². The van der Waals surface area contributed by atoms with Crippen LogP contribution in [0.15, 0.2) is 72.8 Å². The van der Waals surface area contributed by atoms with E-state index in [0.29, 0.717) is 75.6 Å². The van der Waals surface area contributed by atoms with Crippen LogP contribution in [-0.4, -0.2) is 102 Å². The van der Waals surface area contributed by atoms with Gasteiger partial charge < -0.3 is 24.9 Å². The number of carbonyl (C=O) groups excluding carboxylic acids is 2. The number of hydrogen-bond donors (Lipinski definition) is 1. The number of rotatable bonds is 6. The van der Waals surface area contributed by atoms with Crippen LogP contribution in [0.5, 0.6) is 0 Å². The summed E-state index contributed by atoms with van der Waals surface area (Å²) in [5, 5.41) is 36.4. The minimum absolute atomic E-state index is 0.00198. The number of aromatic nitrogens is 4. The van der Waals surface area contributed by atoms with Gasteiger partial charge >= 0.3 is 12.1 Å². The highest BCUT2D eigenvalue weighted by Crippen LogP contribution is 2.22. The molecule has 1 N–H and O–H groups in total. The summed E-state index contributed by atoms with van der Waals surface area (Å²) in [5.74, 6) is 2.41. The minimum atomic E-state index is -0.0899. The fourth-order valence-corrected chi connectivity index (χ4v) is 5.93. The highest BCUT2D eigenvalue weighted by molar-refractivity contribution is 5.91. The molecule has 2 saturated heterocycles. The number of hydrogen-bond acceptors (Lipinski definition) is 10. The Balaban J connectivity index is 0.000000204. The molecular weight excluding hydrogens is 669 g/mol. The van der Waals surface area contributed by atoms with Crippen molar-refractivity contribution in [3.05, 3.63) is 95.3 Å². The van der Waals surface area contributed by atoms with Gasteiger partial charge in [-0.1, -0.05) is 52.0 Å². The van der Waals surface area contributed by atoms with Gasteiger partial charge in [0.05, 0.1) is 0 Å². The smallest absolute Gasteiger partial charge is 0.324 e. The van der Waals surface area contributed by atoms with Crippen molar-refractivity contribution in [2.75, 3.05) is 79.4 Å². The van der Waals surface area contributed by atoms with Crippen molar-refractivity contribution in [1.29, 1.82) is 10.5 Å². The van der Waals surface area contributed by atoms with Crippen LogP contribution in [0.1, 0.15) is 62.0 Å². The number of carbonyl (C=O) groups is 2. The van der Waals surface area contributed by atoms with Crippen LogP contribution in [0.2, 0.25) is 0 Å². The molecule has 0 radical (unpaired) electrons. The summed E-state index contributed by atoms with van der Waals surface area (Å²) < 4.78 is 0. The highest BCUT2D eigenvalue weighted by atomic mass is 16.2. The topological polar surface area (TPSA) is 162 Å². The maximum atomic E-state index is 12.8. The van der Waals surface area contributed by atoms with Gasteiger partial charge in [-0.25, -0.2) is 9.59 Å². The number of nitrogens with zero attached hydrogens (tertiary/aromatic N) is 11. The monoisotopic (exact) mass is 714 g/mol. The van der Waals surface area contributed by atoms with Gasteiger partial charge in [-0.2, -0.15) is 10.5 Å². The maximum Gasteiger partial charge on any atom is 0.324 e. The molecule has 53 heavy (non-hydrogen) atoms. The average Bonchev–Trinajstić information content (AvgIpc) is 3.21. The first kappa shape index (κ1) is 38.0. The predicted molar refractivity (Wildman–Crippen MR) is 205 cm³/mol. The lowest BCUT2D eigenvalue weighted by Crippen LogP contribution is -2.52. The Morgan fingerprint density at radius 2 is 1.06 bits per heavy atom. The summed E-state index contributed by atoms with van der Waals surface area (Å²) in [6.45, 7) is 13.8. The van der Waals surface area contributed by atoms with Crippen LogP contribution >= 0.6 is 0 Å². The molecular formula is C39H46N12O2. The van der Waals surface area contributed by atoms with Gasteiger partial charge in [0.1, 0.15) is 12.1 Å². The normalized spacial score (nSPS) is 14.2. The summed E-state index contributed by atoms with van der Waals surface area (Å²) in [5.41, 5.74) is 4.81. The van der Waals surface area contributed by atoms with Crippen LogP contribution in [-0.2, 0) is 0 Å². The first-order chi connectivity index (χ1) is 25.6. The molecule has 0 bridgehead atoms. The zero-order chi connectivity index (χ0) is 37.9. The summed E-state index contributed by atoms with van der Waals surface area (Å²) >= 11 is 0. The molecule has 4 heterocycles. The molecule has 4 aromatic rings. The van der Waals surface area contributed by atoms with Crippen LogP contribution in [0.3, 0.4) is 0 Å². The van der Waals surface area contributed by atoms with Crippen molar-refractivity contribution >= 4 is 35.1 Å². The summed E-state index contributed by atoms with van der Waals surface area (Å²) in [6.07, 6.45) is 0.